The Bertz CT molecular complexity index is 252. The van der Waals surface area contributed by atoms with Crippen LogP contribution in [-0.4, -0.2) is 35.2 Å². The molecule has 0 atom stereocenters. The molecule has 2 heterocycles. The van der Waals surface area contributed by atoms with Crippen LogP contribution >= 0.6 is 11.8 Å². The van der Waals surface area contributed by atoms with Gasteiger partial charge in [0.2, 0.25) is 0 Å². The molecule has 0 radical (unpaired) electrons. The summed E-state index contributed by atoms with van der Waals surface area (Å²) in [5, 5.41) is 0.765. The van der Waals surface area contributed by atoms with Gasteiger partial charge in [0, 0.05) is 12.4 Å². The van der Waals surface area contributed by atoms with Gasteiger partial charge in [0.25, 0.3) is 0 Å². The highest BCUT2D eigenvalue weighted by Crippen LogP contribution is 2.16. The molecular weight excluding hydrogens is 188 g/mol. The van der Waals surface area contributed by atoms with Crippen molar-refractivity contribution < 1.29 is 9.47 Å². The Labute approximate surface area is 80.7 Å². The Balaban J connectivity index is 1.79. The van der Waals surface area contributed by atoms with E-state index in [1.54, 1.807) is 30.2 Å². The van der Waals surface area contributed by atoms with Crippen LogP contribution in [0.15, 0.2) is 23.6 Å². The lowest BCUT2D eigenvalue weighted by Gasteiger charge is -2.06. The van der Waals surface area contributed by atoms with Gasteiger partial charge in [0.1, 0.15) is 0 Å². The summed E-state index contributed by atoms with van der Waals surface area (Å²) in [7, 11) is 0. The van der Waals surface area contributed by atoms with E-state index in [-0.39, 0.29) is 6.29 Å². The average Bonchev–Trinajstić information content (AvgIpc) is 2.69. The second kappa shape index (κ2) is 4.55. The van der Waals surface area contributed by atoms with E-state index in [1.807, 2.05) is 0 Å². The van der Waals surface area contributed by atoms with E-state index in [0.29, 0.717) is 13.2 Å². The fourth-order valence-corrected chi connectivity index (χ4v) is 1.75. The predicted molar refractivity (Wildman–Crippen MR) is 48.4 cm³/mol. The van der Waals surface area contributed by atoms with E-state index in [1.165, 1.54) is 0 Å². The number of aromatic nitrogens is 2. The maximum atomic E-state index is 5.28. The van der Waals surface area contributed by atoms with Gasteiger partial charge >= 0.3 is 0 Å². The molecule has 0 spiro atoms. The molecule has 1 aliphatic heterocycles. The van der Waals surface area contributed by atoms with Crippen molar-refractivity contribution in [3.63, 3.8) is 0 Å². The fourth-order valence-electron chi connectivity index (χ4n) is 1.01. The van der Waals surface area contributed by atoms with Gasteiger partial charge in [-0.05, 0) is 6.07 Å². The molecule has 13 heavy (non-hydrogen) atoms. The minimum Gasteiger partial charge on any atom is -0.349 e. The largest absolute Gasteiger partial charge is 0.349 e. The summed E-state index contributed by atoms with van der Waals surface area (Å²) >= 11 is 1.55. The van der Waals surface area contributed by atoms with Crippen LogP contribution in [0.2, 0.25) is 0 Å². The highest BCUT2D eigenvalue weighted by atomic mass is 32.2. The number of nitrogens with zero attached hydrogens (tertiary/aromatic N) is 2. The molecule has 0 unspecified atom stereocenters. The lowest BCUT2D eigenvalue weighted by molar-refractivity contribution is -0.0215. The Morgan fingerprint density at radius 3 is 2.69 bits per heavy atom. The van der Waals surface area contributed by atoms with E-state index in [0.717, 1.165) is 10.9 Å². The van der Waals surface area contributed by atoms with Crippen LogP contribution in [0.3, 0.4) is 0 Å². The molecule has 5 heteroatoms. The molecule has 0 N–H and O–H groups in total. The summed E-state index contributed by atoms with van der Waals surface area (Å²) in [5.74, 6) is 0.754. The van der Waals surface area contributed by atoms with Crippen LogP contribution < -0.4 is 0 Å². The number of hydrogen-bond acceptors (Lipinski definition) is 5. The minimum atomic E-state index is -0.0891. The lowest BCUT2D eigenvalue weighted by atomic mass is 10.7. The van der Waals surface area contributed by atoms with Crippen LogP contribution in [-0.2, 0) is 9.47 Å². The lowest BCUT2D eigenvalue weighted by Crippen LogP contribution is -2.10. The molecule has 70 valence electrons. The van der Waals surface area contributed by atoms with Crippen molar-refractivity contribution in [2.24, 2.45) is 0 Å². The summed E-state index contributed by atoms with van der Waals surface area (Å²) in [6, 6.07) is 1.80. The molecule has 1 aromatic heterocycles. The van der Waals surface area contributed by atoms with Gasteiger partial charge in [-0.15, -0.1) is 0 Å². The normalized spacial score (nSPS) is 17.8. The van der Waals surface area contributed by atoms with Crippen molar-refractivity contribution in [1.82, 2.24) is 9.97 Å². The number of thioether (sulfide) groups is 1. The Morgan fingerprint density at radius 1 is 1.31 bits per heavy atom. The molecule has 0 aliphatic carbocycles. The van der Waals surface area contributed by atoms with Crippen molar-refractivity contribution in [2.45, 2.75) is 11.4 Å². The summed E-state index contributed by atoms with van der Waals surface area (Å²) in [6.45, 7) is 1.39. The zero-order valence-electron chi connectivity index (χ0n) is 7.05. The predicted octanol–water partition coefficient (Wildman–Crippen LogP) is 0.942. The SMILES string of the molecule is c1cnc(SCC2OCCO2)nc1. The molecule has 4 nitrogen and oxygen atoms in total. The Hall–Kier alpha value is -0.650. The van der Waals surface area contributed by atoms with E-state index < -0.39 is 0 Å². The first-order valence-corrected chi connectivity index (χ1v) is 5.07. The van der Waals surface area contributed by atoms with Gasteiger partial charge in [0.15, 0.2) is 11.4 Å². The average molecular weight is 198 g/mol. The molecule has 0 bridgehead atoms. The third-order valence-electron chi connectivity index (χ3n) is 1.58. The van der Waals surface area contributed by atoms with E-state index >= 15 is 0 Å². The van der Waals surface area contributed by atoms with Gasteiger partial charge in [0.05, 0.1) is 19.0 Å². The monoisotopic (exact) mass is 198 g/mol. The molecule has 0 saturated carbocycles. The van der Waals surface area contributed by atoms with Crippen LogP contribution in [0.25, 0.3) is 0 Å². The van der Waals surface area contributed by atoms with E-state index in [9.17, 15) is 0 Å². The van der Waals surface area contributed by atoms with Crippen molar-refractivity contribution >= 4 is 11.8 Å². The number of hydrogen-bond donors (Lipinski definition) is 0. The molecule has 1 aromatic rings. The fraction of sp³-hybridized carbons (Fsp3) is 0.500. The first kappa shape index (κ1) is 8.93. The van der Waals surface area contributed by atoms with Gasteiger partial charge in [-0.1, -0.05) is 11.8 Å². The maximum absolute atomic E-state index is 5.28. The zero-order chi connectivity index (χ0) is 8.93. The standard InChI is InChI=1S/C8H10N2O2S/c1-2-9-8(10-3-1)13-6-7-11-4-5-12-7/h1-3,7H,4-6H2. The van der Waals surface area contributed by atoms with Crippen LogP contribution in [0, 0.1) is 0 Å². The third kappa shape index (κ3) is 2.65. The summed E-state index contributed by atoms with van der Waals surface area (Å²) in [4.78, 5) is 8.16. The van der Waals surface area contributed by atoms with E-state index in [4.69, 9.17) is 9.47 Å². The topological polar surface area (TPSA) is 44.2 Å². The highest BCUT2D eigenvalue weighted by Gasteiger charge is 2.16. The third-order valence-corrected chi connectivity index (χ3v) is 2.49. The summed E-state index contributed by atoms with van der Waals surface area (Å²) in [6.07, 6.45) is 3.37. The first-order chi connectivity index (χ1) is 6.45. The van der Waals surface area contributed by atoms with Gasteiger partial charge < -0.3 is 9.47 Å². The maximum Gasteiger partial charge on any atom is 0.187 e. The van der Waals surface area contributed by atoms with Crippen LogP contribution in [0.4, 0.5) is 0 Å². The Kier molecular flexibility index (Phi) is 3.12. The van der Waals surface area contributed by atoms with E-state index in [2.05, 4.69) is 9.97 Å². The molecule has 1 aliphatic rings. The molecular formula is C8H10N2O2S. The van der Waals surface area contributed by atoms with Gasteiger partial charge in [-0.3, -0.25) is 0 Å². The summed E-state index contributed by atoms with van der Waals surface area (Å²) < 4.78 is 10.6. The van der Waals surface area contributed by atoms with Crippen molar-refractivity contribution in [3.8, 4) is 0 Å². The molecule has 1 fully saturated rings. The second-order valence-electron chi connectivity index (χ2n) is 2.51. The Morgan fingerprint density at radius 2 is 2.00 bits per heavy atom. The molecule has 0 aromatic carbocycles. The molecule has 1 saturated heterocycles. The highest BCUT2D eigenvalue weighted by molar-refractivity contribution is 7.99. The summed E-state index contributed by atoms with van der Waals surface area (Å²) in [5.41, 5.74) is 0. The van der Waals surface area contributed by atoms with Crippen LogP contribution in [0.5, 0.6) is 0 Å². The smallest absolute Gasteiger partial charge is 0.187 e. The zero-order valence-corrected chi connectivity index (χ0v) is 7.87. The first-order valence-electron chi connectivity index (χ1n) is 4.08. The van der Waals surface area contributed by atoms with Crippen molar-refractivity contribution in [2.75, 3.05) is 19.0 Å². The van der Waals surface area contributed by atoms with Crippen molar-refractivity contribution in [3.05, 3.63) is 18.5 Å². The van der Waals surface area contributed by atoms with Crippen LogP contribution in [0.1, 0.15) is 0 Å². The number of rotatable bonds is 3. The van der Waals surface area contributed by atoms with Crippen molar-refractivity contribution in [1.29, 1.82) is 0 Å². The van der Waals surface area contributed by atoms with Gasteiger partial charge in [-0.2, -0.15) is 0 Å². The number of ether oxygens (including phenoxy) is 2. The van der Waals surface area contributed by atoms with Gasteiger partial charge in [-0.25, -0.2) is 9.97 Å². The second-order valence-corrected chi connectivity index (χ2v) is 3.50. The molecule has 0 amide bonds. The quantitative estimate of drug-likeness (QED) is 0.534. The minimum absolute atomic E-state index is 0.0891. The molecule has 2 rings (SSSR count).